The van der Waals surface area contributed by atoms with Crippen molar-refractivity contribution in [2.24, 2.45) is 0 Å². The summed E-state index contributed by atoms with van der Waals surface area (Å²) in [5.41, 5.74) is 9.38. The topological polar surface area (TPSA) is 47.6 Å². The van der Waals surface area contributed by atoms with E-state index in [0.717, 1.165) is 55.8 Å². The Hall–Kier alpha value is -6.26. The maximum absolute atomic E-state index is 6.55. The zero-order valence-electron chi connectivity index (χ0n) is 29.4. The van der Waals surface area contributed by atoms with Crippen LogP contribution in [0.1, 0.15) is 25.0 Å². The van der Waals surface area contributed by atoms with Gasteiger partial charge in [-0.1, -0.05) is 97.0 Å². The quantitative estimate of drug-likeness (QED) is 0.101. The number of benzene rings is 6. The fourth-order valence-electron chi connectivity index (χ4n) is 8.38. The van der Waals surface area contributed by atoms with Crippen molar-refractivity contribution in [2.75, 3.05) is 4.90 Å². The van der Waals surface area contributed by atoms with Gasteiger partial charge in [0.25, 0.3) is 0 Å². The second-order valence-electron chi connectivity index (χ2n) is 14.2. The summed E-state index contributed by atoms with van der Waals surface area (Å²) >= 11 is 0. The van der Waals surface area contributed by atoms with E-state index in [1.165, 1.54) is 27.4 Å². The smallest absolute Gasteiger partial charge is 0.503 e. The molecule has 1 aliphatic heterocycles. The number of hydrogen-bond donors (Lipinski definition) is 0. The number of ether oxygens (including phenoxy) is 1. The van der Waals surface area contributed by atoms with Gasteiger partial charge < -0.3 is 18.6 Å². The van der Waals surface area contributed by atoms with Gasteiger partial charge in [-0.3, -0.25) is 4.98 Å². The summed E-state index contributed by atoms with van der Waals surface area (Å²) in [5.74, 6) is 2.07. The van der Waals surface area contributed by atoms with Crippen LogP contribution in [0.3, 0.4) is 0 Å². The average molecular weight is 788 g/mol. The van der Waals surface area contributed by atoms with Crippen LogP contribution in [-0.2, 0) is 25.8 Å². The Kier molecular flexibility index (Phi) is 7.29. The van der Waals surface area contributed by atoms with E-state index in [1.807, 2.05) is 42.9 Å². The summed E-state index contributed by atoms with van der Waals surface area (Å²) in [6.45, 7) is 4.59. The Morgan fingerprint density at radius 2 is 1.35 bits per heavy atom. The van der Waals surface area contributed by atoms with E-state index >= 15 is 0 Å². The molecule has 0 saturated carbocycles. The summed E-state index contributed by atoms with van der Waals surface area (Å²) in [6, 6.07) is 53.9. The van der Waals surface area contributed by atoms with Crippen LogP contribution in [0.15, 0.2) is 152 Å². The summed E-state index contributed by atoms with van der Waals surface area (Å²) in [4.78, 5) is 11.9. The second kappa shape index (κ2) is 12.1. The number of rotatable bonds is 4. The molecule has 10 aromatic rings. The predicted molar refractivity (Wildman–Crippen MR) is 213 cm³/mol. The molecule has 0 fully saturated rings. The number of fused-ring (bicyclic) bond motifs is 11. The van der Waals surface area contributed by atoms with Crippen LogP contribution in [0.5, 0.6) is 11.5 Å². The van der Waals surface area contributed by atoms with Gasteiger partial charge in [-0.25, -0.2) is 4.98 Å². The van der Waals surface area contributed by atoms with E-state index in [0.29, 0.717) is 11.5 Å². The molecule has 0 unspecified atom stereocenters. The number of para-hydroxylation sites is 3. The van der Waals surface area contributed by atoms with E-state index in [-0.39, 0.29) is 25.8 Å². The molecule has 7 heteroatoms. The molecule has 11 rings (SSSR count). The number of hydrogen-bond acceptors (Lipinski definition) is 4. The molecule has 0 N–H and O–H groups in total. The van der Waals surface area contributed by atoms with Crippen molar-refractivity contribution >= 4 is 66.3 Å². The van der Waals surface area contributed by atoms with Gasteiger partial charge in [0.15, 0.2) is 0 Å². The fourth-order valence-corrected chi connectivity index (χ4v) is 8.38. The van der Waals surface area contributed by atoms with Gasteiger partial charge in [0.2, 0.25) is 0 Å². The maximum atomic E-state index is 6.55. The zero-order valence-corrected chi connectivity index (χ0v) is 30.9. The molecule has 6 nitrogen and oxygen atoms in total. The van der Waals surface area contributed by atoms with Crippen LogP contribution in [-0.4, -0.2) is 18.9 Å². The normalized spacial score (nSPS) is 13.3. The third-order valence-corrected chi connectivity index (χ3v) is 10.8. The monoisotopic (exact) mass is 787 g/mol. The van der Waals surface area contributed by atoms with Gasteiger partial charge in [0.05, 0.1) is 22.4 Å². The second-order valence-corrected chi connectivity index (χ2v) is 14.2. The van der Waals surface area contributed by atoms with E-state index in [9.17, 15) is 0 Å². The molecule has 4 aromatic heterocycles. The summed E-state index contributed by atoms with van der Waals surface area (Å²) in [6.07, 6.45) is 5.69. The van der Waals surface area contributed by atoms with Gasteiger partial charge in [0, 0.05) is 63.0 Å². The van der Waals surface area contributed by atoms with Crippen LogP contribution in [0.2, 0.25) is 0 Å². The van der Waals surface area contributed by atoms with Crippen molar-refractivity contribution in [2.45, 2.75) is 19.3 Å². The van der Waals surface area contributed by atoms with Gasteiger partial charge >= 0.3 is 20.4 Å². The summed E-state index contributed by atoms with van der Waals surface area (Å²) in [7, 11) is 0. The number of aromatic nitrogens is 4. The van der Waals surface area contributed by atoms with Crippen LogP contribution < -0.4 is 9.64 Å². The van der Waals surface area contributed by atoms with Crippen LogP contribution in [0.25, 0.3) is 54.8 Å². The Morgan fingerprint density at radius 3 is 2.20 bits per heavy atom. The Labute approximate surface area is 325 Å². The summed E-state index contributed by atoms with van der Waals surface area (Å²) < 4.78 is 11.0. The first-order valence-corrected chi connectivity index (χ1v) is 17.8. The number of nitrogens with zero attached hydrogens (tertiary/aromatic N) is 5. The van der Waals surface area contributed by atoms with Gasteiger partial charge in [0.1, 0.15) is 5.82 Å². The zero-order chi connectivity index (χ0) is 35.3. The minimum absolute atomic E-state index is 0. The molecule has 54 heavy (non-hydrogen) atoms. The van der Waals surface area contributed by atoms with E-state index in [4.69, 9.17) is 9.72 Å². The van der Waals surface area contributed by atoms with Crippen LogP contribution in [0, 0.1) is 12.1 Å². The SMILES string of the molecule is CC1(C)c2cc3c(cc2N(c2[c-]c(Oc4[c-]c5c(cc4)c4ccccc4n4ccnc54)ccc2)c2ncccc21)c1ccccc1n3-c1ccccc1.[Pd+2]. The van der Waals surface area contributed by atoms with E-state index < -0.39 is 0 Å². The van der Waals surface area contributed by atoms with Gasteiger partial charge in [-0.15, -0.1) is 30.3 Å². The molecule has 0 bridgehead atoms. The van der Waals surface area contributed by atoms with E-state index in [1.54, 1.807) is 0 Å². The van der Waals surface area contributed by atoms with Gasteiger partial charge in [-0.05, 0) is 53.4 Å². The first kappa shape index (κ1) is 32.4. The molecule has 1 aliphatic rings. The van der Waals surface area contributed by atoms with Crippen molar-refractivity contribution in [1.29, 1.82) is 0 Å². The number of imidazole rings is 1. The summed E-state index contributed by atoms with van der Waals surface area (Å²) in [5, 5.41) is 5.51. The van der Waals surface area contributed by atoms with Crippen LogP contribution in [0.4, 0.5) is 17.2 Å². The number of pyridine rings is 2. The average Bonchev–Trinajstić information content (AvgIpc) is 3.82. The maximum Gasteiger partial charge on any atom is 2.00 e. The minimum Gasteiger partial charge on any atom is -0.503 e. The minimum atomic E-state index is -0.321. The molecule has 6 aromatic carbocycles. The first-order chi connectivity index (χ1) is 26.0. The standard InChI is InChI=1S/C47H31N5O.Pd/c1-47(2)39-18-11-23-48-46(39)52(44-28-37-36-17-7-9-20-42(36)51(43(37)29-40(44)47)30-12-4-3-5-13-30)31-14-10-15-32(26-31)53-33-21-22-34-35-16-6-8-19-41(35)50-25-24-49-45(50)38(34)27-33;/h3-25,28-29H,1-2H3;/q-2;+2. The van der Waals surface area contributed by atoms with Crippen molar-refractivity contribution in [3.05, 3.63) is 175 Å². The molecule has 0 amide bonds. The molecule has 0 atom stereocenters. The first-order valence-electron chi connectivity index (χ1n) is 17.8. The third-order valence-electron chi connectivity index (χ3n) is 10.8. The molecule has 0 spiro atoms. The van der Waals surface area contributed by atoms with Crippen LogP contribution >= 0.6 is 0 Å². The largest absolute Gasteiger partial charge is 2.00 e. The van der Waals surface area contributed by atoms with Crippen molar-refractivity contribution in [1.82, 2.24) is 18.9 Å². The number of anilines is 3. The predicted octanol–water partition coefficient (Wildman–Crippen LogP) is 11.6. The Morgan fingerprint density at radius 1 is 0.593 bits per heavy atom. The molecule has 0 saturated heterocycles. The van der Waals surface area contributed by atoms with Crippen molar-refractivity contribution in [3.8, 4) is 17.2 Å². The molecular formula is C47H31N5OPd. The van der Waals surface area contributed by atoms with E-state index in [2.05, 4.69) is 154 Å². The molecule has 0 radical (unpaired) electrons. The van der Waals surface area contributed by atoms with Gasteiger partial charge in [-0.2, -0.15) is 6.07 Å². The molecule has 260 valence electrons. The molecule has 5 heterocycles. The van der Waals surface area contributed by atoms with Crippen molar-refractivity contribution < 1.29 is 25.2 Å². The fraction of sp³-hybridized carbons (Fsp3) is 0.0638. The Bertz CT molecular complexity index is 3090. The molecular weight excluding hydrogens is 757 g/mol. The van der Waals surface area contributed by atoms with Crippen molar-refractivity contribution in [3.63, 3.8) is 0 Å². The Balaban J connectivity index is 0.00000361. The molecule has 0 aliphatic carbocycles. The third kappa shape index (κ3) is 4.69.